The molecule has 12 heteroatoms. The monoisotopic (exact) mass is 543 g/mol. The zero-order chi connectivity index (χ0) is 27.0. The van der Waals surface area contributed by atoms with Crippen molar-refractivity contribution in [1.29, 1.82) is 0 Å². The lowest BCUT2D eigenvalue weighted by Crippen LogP contribution is -2.13. The van der Waals surface area contributed by atoms with E-state index < -0.39 is 33.6 Å². The number of hydrogen-bond acceptors (Lipinski definition) is 6. The molecule has 0 bridgehead atoms. The lowest BCUT2D eigenvalue weighted by Gasteiger charge is -2.15. The summed E-state index contributed by atoms with van der Waals surface area (Å²) < 4.78 is 93.5. The van der Waals surface area contributed by atoms with Crippen LogP contribution in [0.15, 0.2) is 82.5 Å². The number of pyridine rings is 1. The molecule has 2 aromatic heterocycles. The second-order valence-electron chi connectivity index (χ2n) is 8.14. The van der Waals surface area contributed by atoms with E-state index in [1.54, 1.807) is 6.07 Å². The topological polar surface area (TPSA) is 94.3 Å². The number of alkyl halides is 2. The van der Waals surface area contributed by atoms with E-state index in [0.717, 1.165) is 18.2 Å². The predicted molar refractivity (Wildman–Crippen MR) is 131 cm³/mol. The van der Waals surface area contributed by atoms with Crippen molar-refractivity contribution in [3.05, 3.63) is 90.3 Å². The molecule has 194 valence electrons. The molecular weight excluding hydrogens is 526 g/mol. The van der Waals surface area contributed by atoms with E-state index in [1.165, 1.54) is 49.9 Å². The first kappa shape index (κ1) is 25.2. The normalized spacial score (nSPS) is 11.7. The number of methoxy groups -OCH3 is 1. The molecule has 0 unspecified atom stereocenters. The fourth-order valence-electron chi connectivity index (χ4n) is 4.02. The molecule has 0 atom stereocenters. The molecule has 0 fully saturated rings. The Balaban J connectivity index is 1.60. The standard InChI is InChI=1S/C26H17F4N3O4S/c1-36-23-13-20(15-8-16(26(29)30)10-17(27)9-15)22(28)12-21(23)25-19-3-2-18(11-14(19)4-6-31-25)38(34,35)33-24-5-7-37-32-24/h2-13,26H,1H3,(H,32,33). The summed E-state index contributed by atoms with van der Waals surface area (Å²) in [5, 5.41) is 4.51. The highest BCUT2D eigenvalue weighted by Crippen LogP contribution is 2.39. The fraction of sp³-hybridized carbons (Fsp3) is 0.0769. The van der Waals surface area contributed by atoms with Crippen LogP contribution < -0.4 is 9.46 Å². The number of anilines is 1. The molecule has 7 nitrogen and oxygen atoms in total. The average Bonchev–Trinajstić information content (AvgIpc) is 3.39. The summed E-state index contributed by atoms with van der Waals surface area (Å²) in [6, 6.07) is 12.3. The van der Waals surface area contributed by atoms with Gasteiger partial charge in [-0.05, 0) is 59.5 Å². The molecule has 0 aliphatic carbocycles. The highest BCUT2D eigenvalue weighted by molar-refractivity contribution is 7.92. The molecule has 0 radical (unpaired) electrons. The Kier molecular flexibility index (Phi) is 6.49. The van der Waals surface area contributed by atoms with Crippen LogP contribution >= 0.6 is 0 Å². The predicted octanol–water partition coefficient (Wildman–Crippen LogP) is 6.58. The minimum atomic E-state index is -3.98. The summed E-state index contributed by atoms with van der Waals surface area (Å²) >= 11 is 0. The van der Waals surface area contributed by atoms with Crippen LogP contribution in [0.3, 0.4) is 0 Å². The second-order valence-corrected chi connectivity index (χ2v) is 9.82. The van der Waals surface area contributed by atoms with Gasteiger partial charge in [0.2, 0.25) is 0 Å². The van der Waals surface area contributed by atoms with E-state index in [2.05, 4.69) is 19.4 Å². The minimum absolute atomic E-state index is 0.0137. The van der Waals surface area contributed by atoms with E-state index in [9.17, 15) is 21.6 Å². The summed E-state index contributed by atoms with van der Waals surface area (Å²) in [7, 11) is -2.65. The fourth-order valence-corrected chi connectivity index (χ4v) is 5.05. The lowest BCUT2D eigenvalue weighted by molar-refractivity contribution is 0.151. The van der Waals surface area contributed by atoms with Gasteiger partial charge in [0.1, 0.15) is 23.6 Å². The smallest absolute Gasteiger partial charge is 0.263 e. The van der Waals surface area contributed by atoms with Gasteiger partial charge in [0, 0.05) is 34.3 Å². The third-order valence-corrected chi connectivity index (χ3v) is 7.10. The molecular formula is C26H17F4N3O4S. The first-order chi connectivity index (χ1) is 18.2. The van der Waals surface area contributed by atoms with Crippen molar-refractivity contribution in [2.24, 2.45) is 0 Å². The summed E-state index contributed by atoms with van der Waals surface area (Å²) in [4.78, 5) is 4.28. The van der Waals surface area contributed by atoms with Crippen LogP contribution in [0.4, 0.5) is 23.4 Å². The Morgan fingerprint density at radius 1 is 0.974 bits per heavy atom. The number of sulfonamides is 1. The lowest BCUT2D eigenvalue weighted by atomic mass is 9.97. The third kappa shape index (κ3) is 4.77. The van der Waals surface area contributed by atoms with Crippen molar-refractivity contribution in [3.8, 4) is 28.1 Å². The Morgan fingerprint density at radius 3 is 2.50 bits per heavy atom. The van der Waals surface area contributed by atoms with Crippen LogP contribution in [0.2, 0.25) is 0 Å². The van der Waals surface area contributed by atoms with Gasteiger partial charge >= 0.3 is 0 Å². The highest BCUT2D eigenvalue weighted by atomic mass is 32.2. The zero-order valence-electron chi connectivity index (χ0n) is 19.5. The SMILES string of the molecule is COc1cc(-c2cc(F)cc(C(F)F)c2)c(F)cc1-c1nccc2cc(S(=O)(=O)Nc3ccon3)ccc12. The quantitative estimate of drug-likeness (QED) is 0.233. The molecule has 1 N–H and O–H groups in total. The molecule has 0 saturated heterocycles. The Morgan fingerprint density at radius 2 is 1.79 bits per heavy atom. The van der Waals surface area contributed by atoms with E-state index in [0.29, 0.717) is 16.8 Å². The number of ether oxygens (including phenoxy) is 1. The number of halogens is 4. The summed E-state index contributed by atoms with van der Waals surface area (Å²) in [6.07, 6.45) is -0.292. The van der Waals surface area contributed by atoms with Crippen LogP contribution in [0.25, 0.3) is 33.2 Å². The van der Waals surface area contributed by atoms with Crippen molar-refractivity contribution in [2.45, 2.75) is 11.3 Å². The number of hydrogen-bond donors (Lipinski definition) is 1. The van der Waals surface area contributed by atoms with Crippen molar-refractivity contribution in [1.82, 2.24) is 10.1 Å². The van der Waals surface area contributed by atoms with E-state index >= 15 is 4.39 Å². The molecule has 2 heterocycles. The first-order valence-corrected chi connectivity index (χ1v) is 12.4. The number of fused-ring (bicyclic) bond motifs is 1. The maximum atomic E-state index is 15.3. The van der Waals surface area contributed by atoms with E-state index in [-0.39, 0.29) is 38.8 Å². The van der Waals surface area contributed by atoms with Crippen LogP contribution in [0, 0.1) is 11.6 Å². The van der Waals surface area contributed by atoms with Gasteiger partial charge in [-0.3, -0.25) is 9.71 Å². The molecule has 0 saturated carbocycles. The molecule has 0 aliphatic rings. The highest BCUT2D eigenvalue weighted by Gasteiger charge is 2.21. The number of nitrogens with one attached hydrogen (secondary N) is 1. The van der Waals surface area contributed by atoms with Gasteiger partial charge in [-0.1, -0.05) is 11.2 Å². The molecule has 5 rings (SSSR count). The van der Waals surface area contributed by atoms with E-state index in [1.807, 2.05) is 0 Å². The summed E-state index contributed by atoms with van der Waals surface area (Å²) in [5.41, 5.74) is -0.295. The average molecular weight is 543 g/mol. The van der Waals surface area contributed by atoms with Gasteiger partial charge in [-0.2, -0.15) is 0 Å². The molecule has 0 aliphatic heterocycles. The van der Waals surface area contributed by atoms with Gasteiger partial charge < -0.3 is 9.26 Å². The number of aromatic nitrogens is 2. The Labute approximate surface area is 213 Å². The Bertz CT molecular complexity index is 1760. The van der Waals surface area contributed by atoms with Crippen molar-refractivity contribution < 1.29 is 35.2 Å². The number of rotatable bonds is 7. The number of benzene rings is 3. The maximum Gasteiger partial charge on any atom is 0.263 e. The molecule has 3 aromatic carbocycles. The van der Waals surface area contributed by atoms with Crippen molar-refractivity contribution >= 4 is 26.6 Å². The van der Waals surface area contributed by atoms with Gasteiger partial charge in [0.25, 0.3) is 16.4 Å². The van der Waals surface area contributed by atoms with Gasteiger partial charge in [0.15, 0.2) is 5.82 Å². The van der Waals surface area contributed by atoms with Gasteiger partial charge in [-0.25, -0.2) is 26.0 Å². The number of nitrogens with zero attached hydrogens (tertiary/aromatic N) is 2. The van der Waals surface area contributed by atoms with Crippen LogP contribution in [-0.2, 0) is 10.0 Å². The van der Waals surface area contributed by atoms with Gasteiger partial charge in [0.05, 0.1) is 17.7 Å². The zero-order valence-corrected chi connectivity index (χ0v) is 20.3. The first-order valence-electron chi connectivity index (χ1n) is 10.9. The van der Waals surface area contributed by atoms with Crippen molar-refractivity contribution in [3.63, 3.8) is 0 Å². The molecule has 0 amide bonds. The third-order valence-electron chi connectivity index (χ3n) is 5.75. The largest absolute Gasteiger partial charge is 0.496 e. The maximum absolute atomic E-state index is 15.3. The van der Waals surface area contributed by atoms with Crippen LogP contribution in [-0.4, -0.2) is 25.7 Å². The molecule has 38 heavy (non-hydrogen) atoms. The molecule has 0 spiro atoms. The Hall–Kier alpha value is -4.45. The van der Waals surface area contributed by atoms with E-state index in [4.69, 9.17) is 4.74 Å². The van der Waals surface area contributed by atoms with Crippen LogP contribution in [0.1, 0.15) is 12.0 Å². The van der Waals surface area contributed by atoms with Crippen molar-refractivity contribution in [2.75, 3.05) is 11.8 Å². The second kappa shape index (κ2) is 9.78. The van der Waals surface area contributed by atoms with Crippen LogP contribution in [0.5, 0.6) is 5.75 Å². The summed E-state index contributed by atoms with van der Waals surface area (Å²) in [5.74, 6) is -1.59. The summed E-state index contributed by atoms with van der Waals surface area (Å²) in [6.45, 7) is 0. The van der Waals surface area contributed by atoms with Gasteiger partial charge in [-0.15, -0.1) is 0 Å². The minimum Gasteiger partial charge on any atom is -0.496 e. The molecule has 5 aromatic rings.